The number of hydrogen-bond donors (Lipinski definition) is 0. The van der Waals surface area contributed by atoms with Crippen molar-refractivity contribution in [1.82, 2.24) is 15.0 Å². The van der Waals surface area contributed by atoms with Crippen LogP contribution in [0.4, 0.5) is 0 Å². The summed E-state index contributed by atoms with van der Waals surface area (Å²) in [5, 5.41) is 10.1. The molecule has 0 bridgehead atoms. The molecule has 0 aliphatic heterocycles. The van der Waals surface area contributed by atoms with Gasteiger partial charge in [0.15, 0.2) is 5.82 Å². The van der Waals surface area contributed by atoms with Gasteiger partial charge in [-0.1, -0.05) is 196 Å². The van der Waals surface area contributed by atoms with E-state index in [1.807, 2.05) is 18.5 Å². The first-order chi connectivity index (χ1) is 33.0. The predicted octanol–water partition coefficient (Wildman–Crippen LogP) is 16.8. The van der Waals surface area contributed by atoms with E-state index in [9.17, 15) is 0 Å². The number of pyridine rings is 1. The van der Waals surface area contributed by atoms with Crippen molar-refractivity contribution in [3.8, 4) is 78.4 Å². The van der Waals surface area contributed by atoms with Gasteiger partial charge in [-0.3, -0.25) is 4.98 Å². The third-order valence-electron chi connectivity index (χ3n) is 14.2. The fourth-order valence-electron chi connectivity index (χ4n) is 10.8. The molecule has 3 nitrogen and oxygen atoms in total. The maximum Gasteiger partial charge on any atom is 0.160 e. The van der Waals surface area contributed by atoms with Gasteiger partial charge in [0.05, 0.1) is 11.4 Å². The van der Waals surface area contributed by atoms with Crippen LogP contribution in [0.2, 0.25) is 0 Å². The Morgan fingerprint density at radius 1 is 0.313 bits per heavy atom. The summed E-state index contributed by atoms with van der Waals surface area (Å²) < 4.78 is 0. The lowest BCUT2D eigenvalue weighted by Gasteiger charge is -2.22. The molecule has 2 aromatic heterocycles. The highest BCUT2D eigenvalue weighted by Crippen LogP contribution is 2.50. The summed E-state index contributed by atoms with van der Waals surface area (Å²) >= 11 is 0. The molecule has 0 saturated carbocycles. The van der Waals surface area contributed by atoms with Gasteiger partial charge >= 0.3 is 0 Å². The van der Waals surface area contributed by atoms with E-state index in [4.69, 9.17) is 9.97 Å². The third-order valence-corrected chi connectivity index (χ3v) is 14.2. The molecule has 13 rings (SSSR count). The maximum absolute atomic E-state index is 5.31. The van der Waals surface area contributed by atoms with Crippen LogP contribution in [0, 0.1) is 0 Å². The summed E-state index contributed by atoms with van der Waals surface area (Å²) in [6, 6.07) is 77.1. The molecule has 0 amide bonds. The molecule has 0 radical (unpaired) electrons. The van der Waals surface area contributed by atoms with E-state index < -0.39 is 0 Å². The number of nitrogens with zero attached hydrogens (tertiary/aromatic N) is 3. The molecule has 314 valence electrons. The number of rotatable bonds is 6. The fraction of sp³-hybridized carbons (Fsp3) is 0.0469. The van der Waals surface area contributed by atoms with E-state index in [2.05, 4.69) is 225 Å². The van der Waals surface area contributed by atoms with Crippen molar-refractivity contribution < 1.29 is 0 Å². The summed E-state index contributed by atoms with van der Waals surface area (Å²) in [5.41, 5.74) is 17.0. The summed E-state index contributed by atoms with van der Waals surface area (Å²) in [7, 11) is 0. The molecule has 3 heteroatoms. The lowest BCUT2D eigenvalue weighted by molar-refractivity contribution is 0.660. The van der Waals surface area contributed by atoms with Crippen molar-refractivity contribution in [2.24, 2.45) is 0 Å². The monoisotopic (exact) mass is 853 g/mol. The van der Waals surface area contributed by atoms with Gasteiger partial charge in [0, 0.05) is 40.1 Å². The first kappa shape index (κ1) is 38.9. The highest BCUT2D eigenvalue weighted by molar-refractivity contribution is 6.33. The molecule has 0 unspecified atom stereocenters. The minimum absolute atomic E-state index is 0.0599. The number of fused-ring (bicyclic) bond motifs is 11. The van der Waals surface area contributed by atoms with Gasteiger partial charge in [-0.2, -0.15) is 0 Å². The van der Waals surface area contributed by atoms with E-state index in [1.54, 1.807) is 0 Å². The fourth-order valence-corrected chi connectivity index (χ4v) is 10.8. The van der Waals surface area contributed by atoms with Crippen LogP contribution in [-0.4, -0.2) is 15.0 Å². The molecule has 0 saturated heterocycles. The Bertz CT molecular complexity index is 3920. The average Bonchev–Trinajstić information content (AvgIpc) is 3.63. The summed E-state index contributed by atoms with van der Waals surface area (Å²) in [6.45, 7) is 4.67. The van der Waals surface area contributed by atoms with Crippen molar-refractivity contribution in [2.75, 3.05) is 0 Å². The average molecular weight is 854 g/mol. The minimum atomic E-state index is -0.0599. The maximum atomic E-state index is 5.31. The van der Waals surface area contributed by atoms with Crippen LogP contribution in [0.1, 0.15) is 25.0 Å². The van der Waals surface area contributed by atoms with Gasteiger partial charge in [-0.15, -0.1) is 0 Å². The van der Waals surface area contributed by atoms with Crippen molar-refractivity contribution in [2.45, 2.75) is 19.3 Å². The second-order valence-corrected chi connectivity index (χ2v) is 18.4. The van der Waals surface area contributed by atoms with Crippen LogP contribution in [0.3, 0.4) is 0 Å². The molecule has 1 aliphatic rings. The lowest BCUT2D eigenvalue weighted by Crippen LogP contribution is -2.14. The zero-order chi connectivity index (χ0) is 44.6. The van der Waals surface area contributed by atoms with Gasteiger partial charge in [-0.25, -0.2) is 9.97 Å². The zero-order valence-electron chi connectivity index (χ0n) is 37.2. The molecule has 0 atom stereocenters. The zero-order valence-corrected chi connectivity index (χ0v) is 37.2. The van der Waals surface area contributed by atoms with E-state index >= 15 is 0 Å². The number of benzene rings is 10. The van der Waals surface area contributed by atoms with Gasteiger partial charge in [0.2, 0.25) is 0 Å². The molecule has 0 N–H and O–H groups in total. The second kappa shape index (κ2) is 15.3. The standard InChI is InChI=1S/C64H43N3/c1-64(2)58-23-10-9-20-52(58)53-33-32-45(36-59(53)64)40-24-28-42(29-25-40)60-38-61(46-14-11-13-44(35-46)47-15-12-34-65-39-47)67-63(66-60)43-30-26-41(27-31-43)56-37-57-50-18-4-3-16-48(50)49-17-5-7-21-54(49)62(57)55-22-8-6-19-51(55)56/h3-39H,1-2H3. The SMILES string of the molecule is CC1(C)c2ccccc2-c2ccc(-c3ccc(-c4cc(-c5cccc(-c6cccnc6)c5)nc(-c5ccc(-c6cc7c8ccccc8c8ccccc8c7c7ccccc67)cc5)n4)cc3)cc21. The van der Waals surface area contributed by atoms with E-state index in [1.165, 1.54) is 82.0 Å². The van der Waals surface area contributed by atoms with Crippen LogP contribution in [0.5, 0.6) is 0 Å². The summed E-state index contributed by atoms with van der Waals surface area (Å²) in [4.78, 5) is 15.0. The van der Waals surface area contributed by atoms with Gasteiger partial charge in [0.1, 0.15) is 0 Å². The van der Waals surface area contributed by atoms with Crippen molar-refractivity contribution in [1.29, 1.82) is 0 Å². The van der Waals surface area contributed by atoms with Gasteiger partial charge in [0.25, 0.3) is 0 Å². The minimum Gasteiger partial charge on any atom is -0.264 e. The van der Waals surface area contributed by atoms with E-state index in [0.717, 1.165) is 44.8 Å². The Morgan fingerprint density at radius 2 is 0.851 bits per heavy atom. The normalized spacial score (nSPS) is 12.7. The van der Waals surface area contributed by atoms with Crippen LogP contribution >= 0.6 is 0 Å². The Balaban J connectivity index is 0.917. The molecule has 10 aromatic carbocycles. The van der Waals surface area contributed by atoms with Gasteiger partial charge in [-0.05, 0) is 123 Å². The van der Waals surface area contributed by atoms with Crippen LogP contribution in [-0.2, 0) is 5.41 Å². The largest absolute Gasteiger partial charge is 0.264 e. The topological polar surface area (TPSA) is 38.7 Å². The summed E-state index contributed by atoms with van der Waals surface area (Å²) in [5.74, 6) is 0.677. The van der Waals surface area contributed by atoms with E-state index in [-0.39, 0.29) is 5.41 Å². The highest BCUT2D eigenvalue weighted by Gasteiger charge is 2.35. The molecular formula is C64H43N3. The van der Waals surface area contributed by atoms with Crippen LogP contribution in [0.15, 0.2) is 225 Å². The van der Waals surface area contributed by atoms with Crippen molar-refractivity contribution >= 4 is 43.1 Å². The first-order valence-electron chi connectivity index (χ1n) is 23.1. The first-order valence-corrected chi connectivity index (χ1v) is 23.1. The molecule has 67 heavy (non-hydrogen) atoms. The Morgan fingerprint density at radius 3 is 1.60 bits per heavy atom. The molecule has 12 aromatic rings. The van der Waals surface area contributed by atoms with Crippen molar-refractivity contribution in [3.05, 3.63) is 236 Å². The molecule has 1 aliphatic carbocycles. The van der Waals surface area contributed by atoms with Crippen molar-refractivity contribution in [3.63, 3.8) is 0 Å². The molecule has 0 spiro atoms. The smallest absolute Gasteiger partial charge is 0.160 e. The van der Waals surface area contributed by atoms with E-state index in [0.29, 0.717) is 5.82 Å². The Kier molecular flexibility index (Phi) is 8.88. The quantitative estimate of drug-likeness (QED) is 0.156. The Labute approximate surface area is 389 Å². The van der Waals surface area contributed by atoms with Crippen LogP contribution in [0.25, 0.3) is 122 Å². The molecule has 2 heterocycles. The number of aromatic nitrogens is 3. The lowest BCUT2D eigenvalue weighted by atomic mass is 9.81. The van der Waals surface area contributed by atoms with Crippen LogP contribution < -0.4 is 0 Å². The summed E-state index contributed by atoms with van der Waals surface area (Å²) in [6.07, 6.45) is 3.71. The number of hydrogen-bond acceptors (Lipinski definition) is 3. The highest BCUT2D eigenvalue weighted by atomic mass is 14.9. The molecular weight excluding hydrogens is 811 g/mol. The third kappa shape index (κ3) is 6.38. The predicted molar refractivity (Wildman–Crippen MR) is 280 cm³/mol. The second-order valence-electron chi connectivity index (χ2n) is 18.4. The Hall–Kier alpha value is -8.53. The molecule has 0 fully saturated rings. The van der Waals surface area contributed by atoms with Gasteiger partial charge < -0.3 is 0 Å².